The highest BCUT2D eigenvalue weighted by Crippen LogP contribution is 2.11. The normalized spacial score (nSPS) is 14.1. The number of nitrogens with zero attached hydrogens (tertiary/aromatic N) is 3. The van der Waals surface area contributed by atoms with Crippen molar-refractivity contribution in [2.75, 3.05) is 32.8 Å². The van der Waals surface area contributed by atoms with Crippen molar-refractivity contribution in [2.24, 2.45) is 0 Å². The second kappa shape index (κ2) is 8.14. The Kier molecular flexibility index (Phi) is 5.24. The van der Waals surface area contributed by atoms with Gasteiger partial charge in [-0.25, -0.2) is 4.98 Å². The molecule has 0 unspecified atom stereocenters. The zero-order chi connectivity index (χ0) is 20.2. The van der Waals surface area contributed by atoms with Crippen LogP contribution < -0.4 is 10.3 Å². The number of nitrogens with one attached hydrogen (secondary N) is 1. The second-order valence-corrected chi connectivity index (χ2v) is 6.71. The first-order valence-corrected chi connectivity index (χ1v) is 9.36. The molecule has 1 saturated heterocycles. The second-order valence-electron chi connectivity index (χ2n) is 6.71. The average molecular weight is 392 g/mol. The number of aromatic amines is 1. The van der Waals surface area contributed by atoms with Crippen molar-refractivity contribution in [1.82, 2.24) is 19.8 Å². The number of ether oxygens (including phenoxy) is 1. The van der Waals surface area contributed by atoms with Gasteiger partial charge in [-0.3, -0.25) is 14.4 Å². The quantitative estimate of drug-likeness (QED) is 0.722. The Morgan fingerprint density at radius 1 is 0.931 bits per heavy atom. The van der Waals surface area contributed by atoms with Crippen LogP contribution in [-0.4, -0.2) is 64.4 Å². The highest BCUT2D eigenvalue weighted by atomic mass is 16.5. The third kappa shape index (κ3) is 4.11. The zero-order valence-electron chi connectivity index (χ0n) is 15.7. The van der Waals surface area contributed by atoms with Crippen LogP contribution in [0.2, 0.25) is 0 Å². The molecular weight excluding hydrogens is 372 g/mol. The van der Waals surface area contributed by atoms with Crippen LogP contribution in [0.15, 0.2) is 59.4 Å². The molecule has 0 spiro atoms. The monoisotopic (exact) mass is 392 g/mol. The van der Waals surface area contributed by atoms with Crippen LogP contribution in [0.1, 0.15) is 10.6 Å². The molecule has 3 aromatic rings. The molecule has 8 nitrogen and oxygen atoms in total. The van der Waals surface area contributed by atoms with Gasteiger partial charge in [-0.1, -0.05) is 30.3 Å². The summed E-state index contributed by atoms with van der Waals surface area (Å²) in [6.45, 7) is 1.50. The van der Waals surface area contributed by atoms with Crippen LogP contribution in [0.5, 0.6) is 5.75 Å². The summed E-state index contributed by atoms with van der Waals surface area (Å²) >= 11 is 0. The van der Waals surface area contributed by atoms with E-state index in [2.05, 4.69) is 9.97 Å². The van der Waals surface area contributed by atoms with E-state index in [1.54, 1.807) is 46.2 Å². The van der Waals surface area contributed by atoms with E-state index in [0.29, 0.717) is 42.8 Å². The molecule has 1 fully saturated rings. The van der Waals surface area contributed by atoms with Crippen molar-refractivity contribution in [1.29, 1.82) is 0 Å². The Morgan fingerprint density at radius 2 is 1.59 bits per heavy atom. The molecule has 29 heavy (non-hydrogen) atoms. The average Bonchev–Trinajstić information content (AvgIpc) is 2.78. The van der Waals surface area contributed by atoms with E-state index in [4.69, 9.17) is 4.74 Å². The highest BCUT2D eigenvalue weighted by Gasteiger charge is 2.26. The first kappa shape index (κ1) is 18.7. The Hall–Kier alpha value is -3.68. The third-order valence-electron chi connectivity index (χ3n) is 4.84. The van der Waals surface area contributed by atoms with E-state index < -0.39 is 0 Å². The van der Waals surface area contributed by atoms with Gasteiger partial charge in [0.2, 0.25) is 0 Å². The molecule has 1 aromatic heterocycles. The standard InChI is InChI=1S/C21H20N4O4/c26-18(14-29-15-6-2-1-3-7-15)24-10-12-25(13-11-24)21(28)19-22-17-9-5-4-8-16(17)20(27)23-19/h1-9H,10-14H2,(H,22,23,27). The number of benzene rings is 2. The van der Waals surface area contributed by atoms with Crippen molar-refractivity contribution in [3.63, 3.8) is 0 Å². The van der Waals surface area contributed by atoms with Crippen molar-refractivity contribution in [2.45, 2.75) is 0 Å². The number of aromatic nitrogens is 2. The smallest absolute Gasteiger partial charge is 0.289 e. The molecular formula is C21H20N4O4. The van der Waals surface area contributed by atoms with Crippen LogP contribution in [0.4, 0.5) is 0 Å². The molecule has 1 aliphatic rings. The molecule has 0 bridgehead atoms. The summed E-state index contributed by atoms with van der Waals surface area (Å²) in [5, 5.41) is 0.442. The van der Waals surface area contributed by atoms with Crippen molar-refractivity contribution in [3.05, 3.63) is 70.8 Å². The minimum Gasteiger partial charge on any atom is -0.484 e. The van der Waals surface area contributed by atoms with Gasteiger partial charge in [0.1, 0.15) is 5.75 Å². The maximum absolute atomic E-state index is 12.7. The van der Waals surface area contributed by atoms with Gasteiger partial charge in [-0.2, -0.15) is 0 Å². The Bertz CT molecular complexity index is 1090. The van der Waals surface area contributed by atoms with Crippen LogP contribution in [0, 0.1) is 0 Å². The predicted molar refractivity (Wildman–Crippen MR) is 107 cm³/mol. The Balaban J connectivity index is 1.36. The van der Waals surface area contributed by atoms with Gasteiger partial charge in [0.25, 0.3) is 17.4 Å². The summed E-state index contributed by atoms with van der Waals surface area (Å²) in [5.41, 5.74) is 0.136. The minimum atomic E-state index is -0.347. The van der Waals surface area contributed by atoms with Crippen molar-refractivity contribution in [3.8, 4) is 5.75 Å². The highest BCUT2D eigenvalue weighted by molar-refractivity contribution is 5.92. The molecule has 148 valence electrons. The molecule has 0 aliphatic carbocycles. The minimum absolute atomic E-state index is 0.0147. The molecule has 0 radical (unpaired) electrons. The summed E-state index contributed by atoms with van der Waals surface area (Å²) in [6, 6.07) is 16.0. The number of hydrogen-bond acceptors (Lipinski definition) is 5. The van der Waals surface area contributed by atoms with Crippen LogP contribution in [0.3, 0.4) is 0 Å². The lowest BCUT2D eigenvalue weighted by Crippen LogP contribution is -2.52. The van der Waals surface area contributed by atoms with E-state index in [0.717, 1.165) is 0 Å². The number of carbonyl (C=O) groups excluding carboxylic acids is 2. The number of rotatable bonds is 4. The van der Waals surface area contributed by atoms with Gasteiger partial charge in [-0.15, -0.1) is 0 Å². The van der Waals surface area contributed by atoms with E-state index in [1.165, 1.54) is 0 Å². The largest absolute Gasteiger partial charge is 0.484 e. The van der Waals surface area contributed by atoms with Gasteiger partial charge in [0.15, 0.2) is 12.4 Å². The fourth-order valence-electron chi connectivity index (χ4n) is 3.25. The van der Waals surface area contributed by atoms with Gasteiger partial charge < -0.3 is 19.5 Å². The number of hydrogen-bond donors (Lipinski definition) is 1. The molecule has 0 saturated carbocycles. The van der Waals surface area contributed by atoms with Crippen molar-refractivity contribution < 1.29 is 14.3 Å². The van der Waals surface area contributed by atoms with Crippen LogP contribution in [0.25, 0.3) is 10.9 Å². The fourth-order valence-corrected chi connectivity index (χ4v) is 3.25. The van der Waals surface area contributed by atoms with E-state index >= 15 is 0 Å². The number of fused-ring (bicyclic) bond motifs is 1. The van der Waals surface area contributed by atoms with E-state index in [1.807, 2.05) is 18.2 Å². The number of amides is 2. The first-order chi connectivity index (χ1) is 14.1. The lowest BCUT2D eigenvalue weighted by Gasteiger charge is -2.34. The summed E-state index contributed by atoms with van der Waals surface area (Å²) in [4.78, 5) is 47.4. The number of H-pyrrole nitrogens is 1. The first-order valence-electron chi connectivity index (χ1n) is 9.36. The van der Waals surface area contributed by atoms with E-state index in [9.17, 15) is 14.4 Å². The maximum atomic E-state index is 12.7. The number of piperazine rings is 1. The summed E-state index contributed by atoms with van der Waals surface area (Å²) in [6.07, 6.45) is 0. The van der Waals surface area contributed by atoms with Gasteiger partial charge >= 0.3 is 0 Å². The summed E-state index contributed by atoms with van der Waals surface area (Å²) in [7, 11) is 0. The Morgan fingerprint density at radius 3 is 2.34 bits per heavy atom. The Labute approximate surface area is 166 Å². The molecule has 2 amide bonds. The molecule has 1 aliphatic heterocycles. The summed E-state index contributed by atoms with van der Waals surface area (Å²) in [5.74, 6) is 0.181. The lowest BCUT2D eigenvalue weighted by molar-refractivity contribution is -0.134. The zero-order valence-corrected chi connectivity index (χ0v) is 15.7. The number of para-hydroxylation sites is 2. The van der Waals surface area contributed by atoms with Crippen LogP contribution in [-0.2, 0) is 4.79 Å². The predicted octanol–water partition coefficient (Wildman–Crippen LogP) is 1.29. The van der Waals surface area contributed by atoms with Gasteiger partial charge in [0, 0.05) is 26.2 Å². The van der Waals surface area contributed by atoms with Gasteiger partial charge in [0.05, 0.1) is 10.9 Å². The molecule has 2 heterocycles. The van der Waals surface area contributed by atoms with Crippen molar-refractivity contribution >= 4 is 22.7 Å². The fraction of sp³-hybridized carbons (Fsp3) is 0.238. The summed E-state index contributed by atoms with van der Waals surface area (Å²) < 4.78 is 5.50. The molecule has 0 atom stereocenters. The lowest BCUT2D eigenvalue weighted by atomic mass is 10.2. The topological polar surface area (TPSA) is 95.6 Å². The molecule has 1 N–H and O–H groups in total. The maximum Gasteiger partial charge on any atom is 0.289 e. The van der Waals surface area contributed by atoms with Gasteiger partial charge in [-0.05, 0) is 24.3 Å². The molecule has 4 rings (SSSR count). The number of carbonyl (C=O) groups is 2. The molecule has 8 heteroatoms. The third-order valence-corrected chi connectivity index (χ3v) is 4.84. The van der Waals surface area contributed by atoms with E-state index in [-0.39, 0.29) is 29.8 Å². The SMILES string of the molecule is O=C(COc1ccccc1)N1CCN(C(=O)c2nc3ccccc3c(=O)[nH]2)CC1. The molecule has 2 aromatic carbocycles. The van der Waals surface area contributed by atoms with Crippen LogP contribution >= 0.6 is 0 Å².